The Bertz CT molecular complexity index is 714. The number of hydrogen-bond acceptors (Lipinski definition) is 0. The van der Waals surface area contributed by atoms with Crippen LogP contribution in [0.15, 0.2) is 60.2 Å². The van der Waals surface area contributed by atoms with Crippen molar-refractivity contribution in [3.8, 4) is 0 Å². The molecule has 0 nitrogen and oxygen atoms in total. The molecule has 26 heavy (non-hydrogen) atoms. The zero-order valence-corrected chi connectivity index (χ0v) is 15.0. The van der Waals surface area contributed by atoms with E-state index in [4.69, 9.17) is 0 Å². The average Bonchev–Trinajstić information content (AvgIpc) is 2.67. The molecule has 0 bridgehead atoms. The van der Waals surface area contributed by atoms with Gasteiger partial charge in [-0.05, 0) is 24.0 Å². The lowest BCUT2D eigenvalue weighted by atomic mass is 10.1. The molecule has 2 aromatic rings. The second kappa shape index (κ2) is 9.37. The van der Waals surface area contributed by atoms with Crippen LogP contribution in [0.2, 0.25) is 0 Å². The lowest BCUT2D eigenvalue weighted by molar-refractivity contribution is 0.519. The summed E-state index contributed by atoms with van der Waals surface area (Å²) in [5.41, 5.74) is 1.70. The molecule has 0 fully saturated rings. The number of aryl methyl sites for hydroxylation is 2. The third kappa shape index (κ3) is 4.84. The third-order valence-electron chi connectivity index (χ3n) is 4.07. The van der Waals surface area contributed by atoms with Crippen LogP contribution < -0.4 is 0 Å². The molecule has 4 heteroatoms. The summed E-state index contributed by atoms with van der Waals surface area (Å²) in [7, 11) is 0. The first-order chi connectivity index (χ1) is 12.5. The van der Waals surface area contributed by atoms with Crippen LogP contribution in [0.4, 0.5) is 17.6 Å². The van der Waals surface area contributed by atoms with Crippen LogP contribution in [0.3, 0.4) is 0 Å². The van der Waals surface area contributed by atoms with Crippen molar-refractivity contribution in [2.75, 3.05) is 0 Å². The van der Waals surface area contributed by atoms with Gasteiger partial charge in [0.15, 0.2) is 23.3 Å². The highest BCUT2D eigenvalue weighted by Crippen LogP contribution is 2.33. The average molecular weight is 362 g/mol. The quantitative estimate of drug-likeness (QED) is 0.353. The topological polar surface area (TPSA) is 0 Å². The maximum Gasteiger partial charge on any atom is 0.198 e. The summed E-state index contributed by atoms with van der Waals surface area (Å²) in [6.07, 6.45) is 3.47. The van der Waals surface area contributed by atoms with E-state index in [0.717, 1.165) is 36.8 Å². The molecule has 0 aromatic heterocycles. The van der Waals surface area contributed by atoms with E-state index >= 15 is 0 Å². The van der Waals surface area contributed by atoms with Crippen molar-refractivity contribution >= 4 is 11.7 Å². The van der Waals surface area contributed by atoms with E-state index in [9.17, 15) is 17.6 Å². The molecule has 0 spiro atoms. The highest BCUT2D eigenvalue weighted by molar-refractivity contribution is 5.71. The Morgan fingerprint density at radius 2 is 0.885 bits per heavy atom. The van der Waals surface area contributed by atoms with Crippen molar-refractivity contribution in [2.45, 2.75) is 39.5 Å². The largest absolute Gasteiger partial charge is 0.203 e. The van der Waals surface area contributed by atoms with Gasteiger partial charge < -0.3 is 0 Å². The van der Waals surface area contributed by atoms with Crippen molar-refractivity contribution in [3.05, 3.63) is 82.4 Å². The Kier molecular flexibility index (Phi) is 7.19. The Balaban J connectivity index is 2.30. The Morgan fingerprint density at radius 1 is 0.577 bits per heavy atom. The van der Waals surface area contributed by atoms with Gasteiger partial charge in [-0.25, -0.2) is 17.6 Å². The van der Waals surface area contributed by atoms with Crippen LogP contribution in [0.5, 0.6) is 0 Å². The van der Waals surface area contributed by atoms with Gasteiger partial charge in [0.05, 0.1) is 0 Å². The van der Waals surface area contributed by atoms with Gasteiger partial charge in [-0.2, -0.15) is 0 Å². The smallest absolute Gasteiger partial charge is 0.198 e. The molecule has 0 aliphatic heterocycles. The third-order valence-corrected chi connectivity index (χ3v) is 4.07. The Labute approximate surface area is 151 Å². The molecule has 138 valence electrons. The van der Waals surface area contributed by atoms with Gasteiger partial charge in [0.1, 0.15) is 0 Å². The molecule has 0 amide bonds. The molecule has 2 rings (SSSR count). The fraction of sp³-hybridized carbons (Fsp3) is 0.273. The minimum absolute atomic E-state index is 0.122. The number of halogens is 4. The van der Waals surface area contributed by atoms with Gasteiger partial charge >= 0.3 is 0 Å². The molecule has 0 heterocycles. The monoisotopic (exact) mass is 362 g/mol. The molecule has 0 unspecified atom stereocenters. The predicted molar refractivity (Wildman–Crippen MR) is 99.1 cm³/mol. The Hall–Kier alpha value is -2.36. The van der Waals surface area contributed by atoms with E-state index in [0.29, 0.717) is 0 Å². The molecule has 0 atom stereocenters. The minimum atomic E-state index is -1.83. The van der Waals surface area contributed by atoms with Crippen LogP contribution in [0.25, 0.3) is 11.7 Å². The van der Waals surface area contributed by atoms with Crippen molar-refractivity contribution in [2.24, 2.45) is 0 Å². The van der Waals surface area contributed by atoms with E-state index in [2.05, 4.69) is 0 Å². The van der Waals surface area contributed by atoms with E-state index in [1.807, 2.05) is 13.8 Å². The molecule has 0 radical (unpaired) electrons. The fourth-order valence-corrected chi connectivity index (χ4v) is 2.66. The predicted octanol–water partition coefficient (Wildman–Crippen LogP) is 7.51. The van der Waals surface area contributed by atoms with E-state index in [1.165, 1.54) is 24.3 Å². The van der Waals surface area contributed by atoms with E-state index in [1.54, 1.807) is 24.3 Å². The molecule has 0 saturated carbocycles. The molecular formula is C22H22F4. The summed E-state index contributed by atoms with van der Waals surface area (Å²) < 4.78 is 56.6. The summed E-state index contributed by atoms with van der Waals surface area (Å²) in [5.74, 6) is -6.49. The van der Waals surface area contributed by atoms with Crippen molar-refractivity contribution in [3.63, 3.8) is 0 Å². The number of benzene rings is 2. The second-order valence-corrected chi connectivity index (χ2v) is 6.15. The number of allylic oxidation sites excluding steroid dienone is 2. The molecule has 2 aromatic carbocycles. The minimum Gasteiger partial charge on any atom is -0.203 e. The van der Waals surface area contributed by atoms with Gasteiger partial charge in [0.2, 0.25) is 0 Å². The standard InChI is InChI=1S/C22H22F4/c1-3-5-15-7-11-17(12-8-15)19(23)21(25)22(26)20(24)18-13-9-16(6-4-2)10-14-18/h7-14H,3-6H2,1-2H3/b21-19+,22-20?. The summed E-state index contributed by atoms with van der Waals surface area (Å²) in [4.78, 5) is 0. The first kappa shape index (κ1) is 20.0. The maximum atomic E-state index is 14.2. The summed E-state index contributed by atoms with van der Waals surface area (Å²) in [5, 5.41) is 0. The normalized spacial score (nSPS) is 13.3. The van der Waals surface area contributed by atoms with Crippen molar-refractivity contribution < 1.29 is 17.6 Å². The van der Waals surface area contributed by atoms with Crippen LogP contribution >= 0.6 is 0 Å². The molecule has 0 saturated heterocycles. The van der Waals surface area contributed by atoms with Crippen molar-refractivity contribution in [1.29, 1.82) is 0 Å². The molecule has 0 N–H and O–H groups in total. The summed E-state index contributed by atoms with van der Waals surface area (Å²) >= 11 is 0. The summed E-state index contributed by atoms with van der Waals surface area (Å²) in [6.45, 7) is 4.01. The molecular weight excluding hydrogens is 340 g/mol. The van der Waals surface area contributed by atoms with Gasteiger partial charge in [0.25, 0.3) is 0 Å². The van der Waals surface area contributed by atoms with E-state index < -0.39 is 23.3 Å². The van der Waals surface area contributed by atoms with Gasteiger partial charge in [0, 0.05) is 11.1 Å². The molecule has 0 aliphatic carbocycles. The van der Waals surface area contributed by atoms with Crippen LogP contribution in [0, 0.1) is 0 Å². The van der Waals surface area contributed by atoms with Crippen LogP contribution in [0.1, 0.15) is 48.9 Å². The van der Waals surface area contributed by atoms with Gasteiger partial charge in [-0.1, -0.05) is 75.2 Å². The van der Waals surface area contributed by atoms with Crippen LogP contribution in [-0.2, 0) is 12.8 Å². The highest BCUT2D eigenvalue weighted by atomic mass is 19.2. The lowest BCUT2D eigenvalue weighted by Gasteiger charge is -2.05. The lowest BCUT2D eigenvalue weighted by Crippen LogP contribution is -1.90. The van der Waals surface area contributed by atoms with E-state index in [-0.39, 0.29) is 11.1 Å². The van der Waals surface area contributed by atoms with Crippen molar-refractivity contribution in [1.82, 2.24) is 0 Å². The number of hydrogen-bond donors (Lipinski definition) is 0. The van der Waals surface area contributed by atoms with Gasteiger partial charge in [-0.3, -0.25) is 0 Å². The zero-order valence-electron chi connectivity index (χ0n) is 15.0. The second-order valence-electron chi connectivity index (χ2n) is 6.15. The number of rotatable bonds is 7. The fourth-order valence-electron chi connectivity index (χ4n) is 2.66. The SMILES string of the molecule is CCCc1ccc(C(F)=C(F)/C(F)=C(\F)c2ccc(CCC)cc2)cc1. The van der Waals surface area contributed by atoms with Gasteiger partial charge in [-0.15, -0.1) is 0 Å². The first-order valence-electron chi connectivity index (χ1n) is 8.77. The Morgan fingerprint density at radius 3 is 1.15 bits per heavy atom. The highest BCUT2D eigenvalue weighted by Gasteiger charge is 2.19. The summed E-state index contributed by atoms with van der Waals surface area (Å²) in [6, 6.07) is 12.1. The molecule has 0 aliphatic rings. The maximum absolute atomic E-state index is 14.2. The van der Waals surface area contributed by atoms with Crippen LogP contribution in [-0.4, -0.2) is 0 Å². The first-order valence-corrected chi connectivity index (χ1v) is 8.77. The zero-order chi connectivity index (χ0) is 19.1.